The molecule has 1 aromatic carbocycles. The van der Waals surface area contributed by atoms with E-state index in [0.717, 1.165) is 30.7 Å². The molecule has 0 bridgehead atoms. The molecule has 9 heteroatoms. The number of aromatic carboxylic acids is 1. The summed E-state index contributed by atoms with van der Waals surface area (Å²) in [4.78, 5) is 24.1. The number of aryl methyl sites for hydroxylation is 3. The van der Waals surface area contributed by atoms with Crippen molar-refractivity contribution in [2.45, 2.75) is 52.0 Å². The van der Waals surface area contributed by atoms with Gasteiger partial charge in [-0.3, -0.25) is 9.48 Å². The van der Waals surface area contributed by atoms with E-state index < -0.39 is 17.3 Å². The zero-order valence-corrected chi connectivity index (χ0v) is 19.1. The van der Waals surface area contributed by atoms with Gasteiger partial charge in [-0.1, -0.05) is 13.0 Å². The molecule has 1 spiro atoms. The quantitative estimate of drug-likeness (QED) is 0.660. The molecule has 2 aliphatic rings. The molecule has 2 aromatic rings. The van der Waals surface area contributed by atoms with Crippen molar-refractivity contribution in [1.29, 1.82) is 0 Å². The molecule has 2 aliphatic heterocycles. The number of nitrogens with one attached hydrogen (secondary N) is 1. The number of carboxylic acids is 1. The molecule has 178 valence electrons. The summed E-state index contributed by atoms with van der Waals surface area (Å²) in [5.41, 5.74) is 2.61. The highest BCUT2D eigenvalue weighted by molar-refractivity contribution is 5.97. The number of amides is 1. The van der Waals surface area contributed by atoms with Crippen LogP contribution in [0, 0.1) is 11.2 Å². The van der Waals surface area contributed by atoms with E-state index >= 15 is 0 Å². The second-order valence-corrected chi connectivity index (χ2v) is 8.85. The summed E-state index contributed by atoms with van der Waals surface area (Å²) in [6, 6.07) is 2.86. The molecule has 8 nitrogen and oxygen atoms in total. The fourth-order valence-electron chi connectivity index (χ4n) is 4.96. The lowest BCUT2D eigenvalue weighted by molar-refractivity contribution is 0.0152. The first kappa shape index (κ1) is 23.2. The first-order valence-corrected chi connectivity index (χ1v) is 11.4. The Morgan fingerprint density at radius 1 is 1.36 bits per heavy atom. The third-order valence-corrected chi connectivity index (χ3v) is 6.84. The Bertz CT molecular complexity index is 1060. The van der Waals surface area contributed by atoms with Crippen LogP contribution in [0.15, 0.2) is 12.1 Å². The van der Waals surface area contributed by atoms with Crippen molar-refractivity contribution >= 4 is 11.9 Å². The van der Waals surface area contributed by atoms with Gasteiger partial charge >= 0.3 is 5.97 Å². The van der Waals surface area contributed by atoms with Crippen molar-refractivity contribution in [3.63, 3.8) is 0 Å². The first-order valence-electron chi connectivity index (χ1n) is 11.4. The topological polar surface area (TPSA) is 103 Å². The molecule has 0 aliphatic carbocycles. The maximum atomic E-state index is 14.5. The number of rotatable bonds is 7. The predicted octanol–water partition coefficient (Wildman–Crippen LogP) is 3.01. The van der Waals surface area contributed by atoms with Gasteiger partial charge in [0.15, 0.2) is 11.6 Å². The van der Waals surface area contributed by atoms with E-state index in [1.165, 1.54) is 13.2 Å². The molecule has 1 saturated heterocycles. The van der Waals surface area contributed by atoms with Crippen molar-refractivity contribution in [2.75, 3.05) is 26.9 Å². The fraction of sp³-hybridized carbons (Fsp3) is 0.542. The van der Waals surface area contributed by atoms with Crippen LogP contribution < -0.4 is 10.1 Å². The van der Waals surface area contributed by atoms with Gasteiger partial charge in [0.2, 0.25) is 0 Å². The standard InChI is InChI=1S/C24H30FN3O5/c1-3-17-19-18(13-24(14-26-22(19)29)8-11-33-12-9-24)28(27-17)10-4-5-15-6-7-16(23(30)31)20(25)21(15)32-2/h6-7H,3-5,8-14H2,1-2H3,(H,26,29)(H,30,31). The minimum absolute atomic E-state index is 0.0268. The fourth-order valence-corrected chi connectivity index (χ4v) is 4.96. The number of carboxylic acid groups (broad SMARTS) is 1. The van der Waals surface area contributed by atoms with Crippen LogP contribution in [0.3, 0.4) is 0 Å². The molecule has 4 rings (SSSR count). The van der Waals surface area contributed by atoms with Crippen molar-refractivity contribution in [1.82, 2.24) is 15.1 Å². The van der Waals surface area contributed by atoms with Crippen molar-refractivity contribution in [3.05, 3.63) is 46.0 Å². The molecule has 1 aromatic heterocycles. The molecule has 33 heavy (non-hydrogen) atoms. The van der Waals surface area contributed by atoms with Crippen LogP contribution in [-0.4, -0.2) is 53.6 Å². The Morgan fingerprint density at radius 2 is 2.12 bits per heavy atom. The first-order chi connectivity index (χ1) is 15.9. The van der Waals surface area contributed by atoms with Crippen LogP contribution in [-0.2, 0) is 30.5 Å². The van der Waals surface area contributed by atoms with Gasteiger partial charge in [-0.05, 0) is 55.6 Å². The number of benzene rings is 1. The van der Waals surface area contributed by atoms with Gasteiger partial charge in [0.1, 0.15) is 0 Å². The van der Waals surface area contributed by atoms with Gasteiger partial charge in [0.05, 0.1) is 29.6 Å². The predicted molar refractivity (Wildman–Crippen MR) is 118 cm³/mol. The molecular formula is C24H30FN3O5. The van der Waals surface area contributed by atoms with Crippen molar-refractivity contribution in [2.24, 2.45) is 5.41 Å². The molecule has 1 amide bonds. The number of aromatic nitrogens is 2. The van der Waals surface area contributed by atoms with E-state index in [9.17, 15) is 14.0 Å². The number of methoxy groups -OCH3 is 1. The number of fused-ring (bicyclic) bond motifs is 1. The number of carbonyl (C=O) groups is 2. The monoisotopic (exact) mass is 459 g/mol. The number of halogens is 1. The zero-order chi connectivity index (χ0) is 23.6. The number of hydrogen-bond acceptors (Lipinski definition) is 5. The molecule has 1 fully saturated rings. The van der Waals surface area contributed by atoms with Crippen molar-refractivity contribution < 1.29 is 28.6 Å². The van der Waals surface area contributed by atoms with E-state index in [1.807, 2.05) is 11.6 Å². The third kappa shape index (κ3) is 4.46. The van der Waals surface area contributed by atoms with Gasteiger partial charge < -0.3 is 19.9 Å². The molecular weight excluding hydrogens is 429 g/mol. The Balaban J connectivity index is 1.57. The second kappa shape index (κ2) is 9.51. The summed E-state index contributed by atoms with van der Waals surface area (Å²) in [7, 11) is 1.33. The average molecular weight is 460 g/mol. The number of ether oxygens (including phenoxy) is 2. The van der Waals surface area contributed by atoms with E-state index in [4.69, 9.17) is 19.7 Å². The van der Waals surface area contributed by atoms with Gasteiger partial charge in [0, 0.05) is 26.3 Å². The second-order valence-electron chi connectivity index (χ2n) is 8.85. The van der Waals surface area contributed by atoms with E-state index in [2.05, 4.69) is 5.32 Å². The van der Waals surface area contributed by atoms with E-state index in [0.29, 0.717) is 56.7 Å². The highest BCUT2D eigenvalue weighted by Gasteiger charge is 2.39. The molecule has 0 unspecified atom stereocenters. The maximum Gasteiger partial charge on any atom is 0.338 e. The summed E-state index contributed by atoms with van der Waals surface area (Å²) in [5.74, 6) is -2.29. The van der Waals surface area contributed by atoms with Gasteiger partial charge in [-0.15, -0.1) is 0 Å². The smallest absolute Gasteiger partial charge is 0.338 e. The highest BCUT2D eigenvalue weighted by atomic mass is 19.1. The molecule has 0 saturated carbocycles. The average Bonchev–Trinajstić information content (AvgIpc) is 3.08. The normalized spacial score (nSPS) is 17.4. The van der Waals surface area contributed by atoms with Crippen LogP contribution in [0.2, 0.25) is 0 Å². The summed E-state index contributed by atoms with van der Waals surface area (Å²) in [6.07, 6.45) is 4.34. The lowest BCUT2D eigenvalue weighted by Gasteiger charge is -2.36. The van der Waals surface area contributed by atoms with Crippen LogP contribution in [0.1, 0.15) is 63.9 Å². The number of carbonyl (C=O) groups excluding carboxylic acids is 1. The Labute approximate surface area is 192 Å². The van der Waals surface area contributed by atoms with Crippen LogP contribution in [0.4, 0.5) is 4.39 Å². The Kier molecular flexibility index (Phi) is 6.69. The Morgan fingerprint density at radius 3 is 2.79 bits per heavy atom. The zero-order valence-electron chi connectivity index (χ0n) is 19.1. The van der Waals surface area contributed by atoms with Gasteiger partial charge in [0.25, 0.3) is 5.91 Å². The van der Waals surface area contributed by atoms with Crippen LogP contribution in [0.25, 0.3) is 0 Å². The lowest BCUT2D eigenvalue weighted by Crippen LogP contribution is -2.40. The summed E-state index contributed by atoms with van der Waals surface area (Å²) in [5, 5.41) is 17.0. The van der Waals surface area contributed by atoms with E-state index in [1.54, 1.807) is 6.07 Å². The minimum Gasteiger partial charge on any atom is -0.493 e. The third-order valence-electron chi connectivity index (χ3n) is 6.84. The van der Waals surface area contributed by atoms with Gasteiger partial charge in [-0.2, -0.15) is 5.10 Å². The minimum atomic E-state index is -1.33. The summed E-state index contributed by atoms with van der Waals surface area (Å²) in [6.45, 7) is 4.58. The Hall–Kier alpha value is -2.94. The molecule has 2 N–H and O–H groups in total. The van der Waals surface area contributed by atoms with E-state index in [-0.39, 0.29) is 17.1 Å². The largest absolute Gasteiger partial charge is 0.493 e. The summed E-state index contributed by atoms with van der Waals surface area (Å²) >= 11 is 0. The molecule has 3 heterocycles. The maximum absolute atomic E-state index is 14.5. The van der Waals surface area contributed by atoms with Gasteiger partial charge in [-0.25, -0.2) is 9.18 Å². The lowest BCUT2D eigenvalue weighted by atomic mass is 9.76. The van der Waals surface area contributed by atoms with Crippen LogP contribution >= 0.6 is 0 Å². The number of nitrogens with zero attached hydrogens (tertiary/aromatic N) is 2. The molecule has 0 radical (unpaired) electrons. The SMILES string of the molecule is CCc1nn(CCCc2ccc(C(=O)O)c(F)c2OC)c2c1C(=O)NCC1(CCOCC1)C2. The highest BCUT2D eigenvalue weighted by Crippen LogP contribution is 2.37. The summed E-state index contributed by atoms with van der Waals surface area (Å²) < 4.78 is 27.2. The van der Waals surface area contributed by atoms with Crippen LogP contribution in [0.5, 0.6) is 5.75 Å². The molecule has 0 atom stereocenters. The van der Waals surface area contributed by atoms with Crippen molar-refractivity contribution in [3.8, 4) is 5.75 Å². The number of hydrogen-bond donors (Lipinski definition) is 2.